The largest absolute Gasteiger partial charge is 0.423 e. The predicted molar refractivity (Wildman–Crippen MR) is 80.7 cm³/mol. The van der Waals surface area contributed by atoms with Gasteiger partial charge in [0.05, 0.1) is 22.9 Å². The number of anilines is 1. The summed E-state index contributed by atoms with van der Waals surface area (Å²) in [6, 6.07) is 4.35. The van der Waals surface area contributed by atoms with E-state index >= 15 is 0 Å². The van der Waals surface area contributed by atoms with E-state index in [0.29, 0.717) is 12.2 Å². The molecule has 1 aromatic rings. The SMILES string of the molecule is CCNC(=O)CN1CC(=O)Oc2cc(S(=O)(=O)CC)ccc21. The van der Waals surface area contributed by atoms with E-state index in [1.807, 2.05) is 0 Å². The molecule has 0 radical (unpaired) electrons. The van der Waals surface area contributed by atoms with Crippen molar-refractivity contribution in [2.45, 2.75) is 18.7 Å². The highest BCUT2D eigenvalue weighted by Gasteiger charge is 2.27. The van der Waals surface area contributed by atoms with Crippen LogP contribution in [0, 0.1) is 0 Å². The zero-order valence-electron chi connectivity index (χ0n) is 12.5. The number of benzene rings is 1. The summed E-state index contributed by atoms with van der Waals surface area (Å²) in [4.78, 5) is 25.0. The molecule has 0 saturated heterocycles. The number of hydrogen-bond donors (Lipinski definition) is 1. The molecule has 1 heterocycles. The van der Waals surface area contributed by atoms with E-state index in [4.69, 9.17) is 4.74 Å². The van der Waals surface area contributed by atoms with Crippen molar-refractivity contribution in [1.82, 2.24) is 5.32 Å². The average molecular weight is 326 g/mol. The molecular weight excluding hydrogens is 308 g/mol. The first kappa shape index (κ1) is 16.3. The summed E-state index contributed by atoms with van der Waals surface area (Å²) in [5.41, 5.74) is 0.529. The van der Waals surface area contributed by atoms with E-state index < -0.39 is 15.8 Å². The molecule has 0 atom stereocenters. The second-order valence-corrected chi connectivity index (χ2v) is 7.09. The summed E-state index contributed by atoms with van der Waals surface area (Å²) >= 11 is 0. The molecule has 0 unspecified atom stereocenters. The number of likely N-dealkylation sites (N-methyl/N-ethyl adjacent to an activating group) is 1. The molecule has 22 heavy (non-hydrogen) atoms. The standard InChI is InChI=1S/C14H18N2O5S/c1-3-15-13(17)8-16-9-14(18)21-12-7-10(5-6-11(12)16)22(19,20)4-2/h5-7H,3-4,8-9H2,1-2H3,(H,15,17). The van der Waals surface area contributed by atoms with Crippen LogP contribution in [-0.2, 0) is 19.4 Å². The fourth-order valence-corrected chi connectivity index (χ4v) is 3.06. The van der Waals surface area contributed by atoms with Crippen molar-refractivity contribution in [1.29, 1.82) is 0 Å². The van der Waals surface area contributed by atoms with Crippen LogP contribution in [-0.4, -0.2) is 45.7 Å². The van der Waals surface area contributed by atoms with Gasteiger partial charge in [-0.2, -0.15) is 0 Å². The van der Waals surface area contributed by atoms with Crippen molar-refractivity contribution < 1.29 is 22.7 Å². The molecule has 2 rings (SSSR count). The van der Waals surface area contributed by atoms with Crippen molar-refractivity contribution in [3.63, 3.8) is 0 Å². The Balaban J connectivity index is 2.35. The Morgan fingerprint density at radius 2 is 2.09 bits per heavy atom. The van der Waals surface area contributed by atoms with Crippen molar-refractivity contribution in [2.24, 2.45) is 0 Å². The number of carbonyl (C=O) groups excluding carboxylic acids is 2. The summed E-state index contributed by atoms with van der Waals surface area (Å²) < 4.78 is 28.9. The summed E-state index contributed by atoms with van der Waals surface area (Å²) in [5.74, 6) is -0.617. The third-order valence-electron chi connectivity index (χ3n) is 3.26. The van der Waals surface area contributed by atoms with Crippen molar-refractivity contribution in [2.75, 3.05) is 30.3 Å². The van der Waals surface area contributed by atoms with Crippen LogP contribution in [0.1, 0.15) is 13.8 Å². The molecule has 1 N–H and O–H groups in total. The number of ether oxygens (including phenoxy) is 1. The fourth-order valence-electron chi connectivity index (χ4n) is 2.16. The molecule has 8 heteroatoms. The van der Waals surface area contributed by atoms with Gasteiger partial charge in [-0.05, 0) is 19.1 Å². The number of rotatable bonds is 5. The number of sulfone groups is 1. The van der Waals surface area contributed by atoms with Crippen LogP contribution in [0.2, 0.25) is 0 Å². The Labute approximate surface area is 129 Å². The molecule has 1 aliphatic heterocycles. The molecule has 7 nitrogen and oxygen atoms in total. The Bertz CT molecular complexity index is 699. The van der Waals surface area contributed by atoms with E-state index in [1.165, 1.54) is 12.1 Å². The second-order valence-electron chi connectivity index (χ2n) is 4.82. The van der Waals surface area contributed by atoms with Crippen molar-refractivity contribution in [3.8, 4) is 5.75 Å². The Morgan fingerprint density at radius 1 is 1.36 bits per heavy atom. The van der Waals surface area contributed by atoms with Gasteiger partial charge in [0.2, 0.25) is 5.91 Å². The third-order valence-corrected chi connectivity index (χ3v) is 5.00. The second kappa shape index (κ2) is 6.35. The minimum atomic E-state index is -3.39. The Kier molecular flexibility index (Phi) is 4.70. The number of hydrogen-bond acceptors (Lipinski definition) is 6. The lowest BCUT2D eigenvalue weighted by Crippen LogP contribution is -2.43. The summed E-state index contributed by atoms with van der Waals surface area (Å²) in [5, 5.41) is 2.65. The van der Waals surface area contributed by atoms with Gasteiger partial charge < -0.3 is 15.0 Å². The first-order valence-electron chi connectivity index (χ1n) is 6.96. The number of fused-ring (bicyclic) bond motifs is 1. The van der Waals surface area contributed by atoms with Crippen molar-refractivity contribution >= 4 is 27.4 Å². The van der Waals surface area contributed by atoms with Gasteiger partial charge in [-0.25, -0.2) is 13.2 Å². The van der Waals surface area contributed by atoms with E-state index in [-0.39, 0.29) is 35.4 Å². The highest BCUT2D eigenvalue weighted by atomic mass is 32.2. The average Bonchev–Trinajstić information content (AvgIpc) is 2.46. The van der Waals surface area contributed by atoms with Crippen LogP contribution < -0.4 is 15.0 Å². The topological polar surface area (TPSA) is 92.8 Å². The minimum absolute atomic E-state index is 0.00974. The molecule has 0 saturated carbocycles. The van der Waals surface area contributed by atoms with Crippen LogP contribution in [0.25, 0.3) is 0 Å². The lowest BCUT2D eigenvalue weighted by Gasteiger charge is -2.29. The van der Waals surface area contributed by atoms with Gasteiger partial charge >= 0.3 is 5.97 Å². The first-order valence-corrected chi connectivity index (χ1v) is 8.61. The van der Waals surface area contributed by atoms with Gasteiger partial charge in [0, 0.05) is 12.6 Å². The number of carbonyl (C=O) groups is 2. The third kappa shape index (κ3) is 3.38. The van der Waals surface area contributed by atoms with Gasteiger partial charge in [-0.3, -0.25) is 4.79 Å². The Morgan fingerprint density at radius 3 is 2.73 bits per heavy atom. The van der Waals surface area contributed by atoms with Gasteiger partial charge in [0.1, 0.15) is 6.54 Å². The molecule has 0 fully saturated rings. The van der Waals surface area contributed by atoms with Crippen molar-refractivity contribution in [3.05, 3.63) is 18.2 Å². The number of amides is 1. The zero-order valence-corrected chi connectivity index (χ0v) is 13.3. The lowest BCUT2D eigenvalue weighted by molar-refractivity contribution is -0.133. The quantitative estimate of drug-likeness (QED) is 0.620. The smallest absolute Gasteiger partial charge is 0.331 e. The molecular formula is C14H18N2O5S. The minimum Gasteiger partial charge on any atom is -0.423 e. The summed E-state index contributed by atoms with van der Waals surface area (Å²) in [7, 11) is -3.39. The van der Waals surface area contributed by atoms with Crippen LogP contribution in [0.15, 0.2) is 23.1 Å². The van der Waals surface area contributed by atoms with Crippen LogP contribution in [0.5, 0.6) is 5.75 Å². The number of esters is 1. The molecule has 0 aromatic heterocycles. The maximum absolute atomic E-state index is 11.9. The van der Waals surface area contributed by atoms with Crippen LogP contribution in [0.3, 0.4) is 0 Å². The number of nitrogens with one attached hydrogen (secondary N) is 1. The molecule has 1 aromatic carbocycles. The molecule has 1 aliphatic rings. The Hall–Kier alpha value is -2.09. The zero-order chi connectivity index (χ0) is 16.3. The highest BCUT2D eigenvalue weighted by Crippen LogP contribution is 2.34. The van der Waals surface area contributed by atoms with E-state index in [1.54, 1.807) is 24.8 Å². The predicted octanol–water partition coefficient (Wildman–Crippen LogP) is 0.342. The van der Waals surface area contributed by atoms with Gasteiger partial charge in [-0.15, -0.1) is 0 Å². The highest BCUT2D eigenvalue weighted by molar-refractivity contribution is 7.91. The normalized spacial score (nSPS) is 14.3. The van der Waals surface area contributed by atoms with Gasteiger partial charge in [0.15, 0.2) is 15.6 Å². The molecule has 0 spiro atoms. The summed E-state index contributed by atoms with van der Waals surface area (Å²) in [6.45, 7) is 3.80. The monoisotopic (exact) mass is 326 g/mol. The maximum Gasteiger partial charge on any atom is 0.331 e. The summed E-state index contributed by atoms with van der Waals surface area (Å²) in [6.07, 6.45) is 0. The van der Waals surface area contributed by atoms with Gasteiger partial charge in [-0.1, -0.05) is 6.92 Å². The molecule has 120 valence electrons. The van der Waals surface area contributed by atoms with E-state index in [0.717, 1.165) is 0 Å². The van der Waals surface area contributed by atoms with E-state index in [2.05, 4.69) is 5.32 Å². The fraction of sp³-hybridized carbons (Fsp3) is 0.429. The van der Waals surface area contributed by atoms with E-state index in [9.17, 15) is 18.0 Å². The lowest BCUT2D eigenvalue weighted by atomic mass is 10.2. The number of nitrogens with zero attached hydrogens (tertiary/aromatic N) is 1. The maximum atomic E-state index is 11.9. The van der Waals surface area contributed by atoms with Crippen LogP contribution in [0.4, 0.5) is 5.69 Å². The first-order chi connectivity index (χ1) is 10.4. The molecule has 0 bridgehead atoms. The van der Waals surface area contributed by atoms with Gasteiger partial charge in [0.25, 0.3) is 0 Å². The van der Waals surface area contributed by atoms with Crippen LogP contribution >= 0.6 is 0 Å². The molecule has 0 aliphatic carbocycles. The molecule has 1 amide bonds.